The monoisotopic (exact) mass is 942 g/mol. The number of aryl methyl sites for hydroxylation is 2. The van der Waals surface area contributed by atoms with Crippen molar-refractivity contribution < 1.29 is 69.4 Å². The first-order valence-electron chi connectivity index (χ1n) is 19.9. The molecule has 6 aromatic rings. The van der Waals surface area contributed by atoms with Crippen LogP contribution in [0.1, 0.15) is 31.8 Å². The third-order valence-electron chi connectivity index (χ3n) is 9.40. The minimum absolute atomic E-state index is 0.0791. The van der Waals surface area contributed by atoms with E-state index in [1.165, 1.54) is 62.8 Å². The average Bonchev–Trinajstić information content (AvgIpc) is 3.31. The molecule has 0 aliphatic carbocycles. The van der Waals surface area contributed by atoms with E-state index in [1.807, 2.05) is 0 Å². The van der Waals surface area contributed by atoms with Gasteiger partial charge in [0.2, 0.25) is 0 Å². The molecule has 0 radical (unpaired) electrons. The van der Waals surface area contributed by atoms with Crippen molar-refractivity contribution in [1.29, 1.82) is 0 Å². The van der Waals surface area contributed by atoms with Crippen molar-refractivity contribution in [1.82, 2.24) is 0 Å². The summed E-state index contributed by atoms with van der Waals surface area (Å²) in [5.41, 5.74) is 0.901. The highest BCUT2D eigenvalue weighted by atomic mass is 32.2. The van der Waals surface area contributed by atoms with E-state index in [1.54, 1.807) is 86.6 Å². The molecular formula is C47H46N2O15S2. The summed E-state index contributed by atoms with van der Waals surface area (Å²) in [6.45, 7) is 2.05. The maximum absolute atomic E-state index is 13.8. The van der Waals surface area contributed by atoms with Crippen molar-refractivity contribution in [2.24, 2.45) is 0 Å². The Labute approximate surface area is 381 Å². The number of hydrogen-bond acceptors (Lipinski definition) is 15. The summed E-state index contributed by atoms with van der Waals surface area (Å²) >= 11 is 0. The number of nitrogens with one attached hydrogen (secondary N) is 2. The zero-order valence-corrected chi connectivity index (χ0v) is 38.0. The van der Waals surface area contributed by atoms with Crippen LogP contribution in [0, 0.1) is 13.8 Å². The predicted molar refractivity (Wildman–Crippen MR) is 243 cm³/mol. The molecule has 6 rings (SSSR count). The van der Waals surface area contributed by atoms with Gasteiger partial charge in [0.25, 0.3) is 20.0 Å². The molecule has 0 saturated heterocycles. The van der Waals surface area contributed by atoms with E-state index in [0.29, 0.717) is 5.75 Å². The maximum atomic E-state index is 13.8. The molecule has 3 N–H and O–H groups in total. The number of aliphatic hydroxyl groups is 1. The number of ether oxygens (including phenoxy) is 8. The second kappa shape index (κ2) is 21.5. The van der Waals surface area contributed by atoms with E-state index >= 15 is 0 Å². The standard InChI is InChI=1S/C47H46N2O15S2/c1-30-14-18-34(19-15-30)65(53,54)48-36-26-32(46(51)59-5)28-43(45(36)64-41-13-9-7-11-39(41)58-4)61-24-25-62-47(52)33-27-37(49-66(55,56)35-20-16-31(2)17-21-35)44(42(29-33)60-23-22-50)63-40-12-8-6-10-38(40)57-3/h6-21,26-29,48-50H,22-25H2,1-5H3. The minimum atomic E-state index is -4.30. The van der Waals surface area contributed by atoms with Crippen LogP contribution in [0.5, 0.6) is 46.0 Å². The third kappa shape index (κ3) is 11.8. The van der Waals surface area contributed by atoms with Crippen molar-refractivity contribution in [2.45, 2.75) is 23.6 Å². The van der Waals surface area contributed by atoms with Crippen LogP contribution in [-0.4, -0.2) is 81.6 Å². The quantitative estimate of drug-likeness (QED) is 0.0461. The maximum Gasteiger partial charge on any atom is 0.338 e. The van der Waals surface area contributed by atoms with E-state index in [4.69, 9.17) is 37.9 Å². The molecule has 17 nitrogen and oxygen atoms in total. The Balaban J connectivity index is 1.34. The Kier molecular flexibility index (Phi) is 15.6. The van der Waals surface area contributed by atoms with Gasteiger partial charge in [-0.2, -0.15) is 0 Å². The first kappa shape index (κ1) is 48.0. The zero-order valence-electron chi connectivity index (χ0n) is 36.4. The fraction of sp³-hybridized carbons (Fsp3) is 0.191. The molecule has 0 heterocycles. The van der Waals surface area contributed by atoms with Gasteiger partial charge in [-0.25, -0.2) is 26.4 Å². The lowest BCUT2D eigenvalue weighted by Crippen LogP contribution is -2.17. The van der Waals surface area contributed by atoms with E-state index in [-0.39, 0.29) is 79.1 Å². The van der Waals surface area contributed by atoms with Crippen molar-refractivity contribution in [2.75, 3.05) is 57.2 Å². The first-order valence-corrected chi connectivity index (χ1v) is 22.9. The van der Waals surface area contributed by atoms with E-state index in [9.17, 15) is 31.5 Å². The van der Waals surface area contributed by atoms with Gasteiger partial charge in [-0.1, -0.05) is 59.7 Å². The second-order valence-electron chi connectivity index (χ2n) is 14.1. The number of para-hydroxylation sites is 4. The number of methoxy groups -OCH3 is 3. The van der Waals surface area contributed by atoms with Crippen LogP contribution in [0.25, 0.3) is 0 Å². The van der Waals surface area contributed by atoms with E-state index in [0.717, 1.165) is 18.2 Å². The molecule has 19 heteroatoms. The molecule has 66 heavy (non-hydrogen) atoms. The van der Waals surface area contributed by atoms with Crippen LogP contribution in [0.15, 0.2) is 131 Å². The van der Waals surface area contributed by atoms with Crippen LogP contribution in [-0.2, 0) is 29.5 Å². The number of carbonyl (C=O) groups excluding carboxylic acids is 2. The van der Waals surface area contributed by atoms with Gasteiger partial charge < -0.3 is 43.0 Å². The number of aliphatic hydroxyl groups excluding tert-OH is 1. The summed E-state index contributed by atoms with van der Waals surface area (Å²) in [5.74, 6) is -1.54. The van der Waals surface area contributed by atoms with Crippen molar-refractivity contribution in [3.8, 4) is 46.0 Å². The van der Waals surface area contributed by atoms with Gasteiger partial charge in [0.15, 0.2) is 46.0 Å². The van der Waals surface area contributed by atoms with Gasteiger partial charge in [0.1, 0.15) is 19.8 Å². The smallest absolute Gasteiger partial charge is 0.338 e. The first-order chi connectivity index (χ1) is 31.7. The number of rotatable bonds is 21. The number of hydrogen-bond donors (Lipinski definition) is 3. The van der Waals surface area contributed by atoms with E-state index in [2.05, 4.69) is 9.44 Å². The predicted octanol–water partition coefficient (Wildman–Crippen LogP) is 7.90. The van der Waals surface area contributed by atoms with Crippen LogP contribution >= 0.6 is 0 Å². The van der Waals surface area contributed by atoms with Crippen LogP contribution in [0.2, 0.25) is 0 Å². The van der Waals surface area contributed by atoms with Crippen molar-refractivity contribution in [3.05, 3.63) is 144 Å². The van der Waals surface area contributed by atoms with Gasteiger partial charge in [-0.15, -0.1) is 0 Å². The van der Waals surface area contributed by atoms with Gasteiger partial charge >= 0.3 is 11.9 Å². The highest BCUT2D eigenvalue weighted by molar-refractivity contribution is 7.93. The Bertz CT molecular complexity index is 2910. The van der Waals surface area contributed by atoms with E-state index < -0.39 is 51.8 Å². The second-order valence-corrected chi connectivity index (χ2v) is 17.5. The molecule has 0 atom stereocenters. The number of esters is 2. The summed E-state index contributed by atoms with van der Waals surface area (Å²) in [6.07, 6.45) is 0. The lowest BCUT2D eigenvalue weighted by atomic mass is 10.1. The molecule has 6 aromatic carbocycles. The van der Waals surface area contributed by atoms with Gasteiger partial charge in [0, 0.05) is 0 Å². The molecule has 0 bridgehead atoms. The Hall–Kier alpha value is -7.48. The highest BCUT2D eigenvalue weighted by Gasteiger charge is 2.27. The van der Waals surface area contributed by atoms with Crippen molar-refractivity contribution in [3.63, 3.8) is 0 Å². The summed E-state index contributed by atoms with van der Waals surface area (Å²) < 4.78 is 106. The average molecular weight is 943 g/mol. The lowest BCUT2D eigenvalue weighted by Gasteiger charge is -2.20. The molecule has 0 aliphatic heterocycles. The fourth-order valence-electron chi connectivity index (χ4n) is 6.13. The molecule has 0 amide bonds. The summed E-state index contributed by atoms with van der Waals surface area (Å²) in [4.78, 5) is 26.6. The Morgan fingerprint density at radius 3 is 1.33 bits per heavy atom. The normalized spacial score (nSPS) is 11.2. The highest BCUT2D eigenvalue weighted by Crippen LogP contribution is 2.45. The Morgan fingerprint density at radius 2 is 0.924 bits per heavy atom. The molecular weight excluding hydrogens is 897 g/mol. The third-order valence-corrected chi connectivity index (χ3v) is 12.2. The molecule has 0 spiro atoms. The summed E-state index contributed by atoms with van der Waals surface area (Å²) in [6, 6.07) is 30.2. The van der Waals surface area contributed by atoms with Crippen LogP contribution < -0.4 is 37.9 Å². The molecule has 346 valence electrons. The molecule has 0 saturated carbocycles. The van der Waals surface area contributed by atoms with Gasteiger partial charge in [0.05, 0.1) is 60.2 Å². The zero-order chi connectivity index (χ0) is 47.4. The Morgan fingerprint density at radius 1 is 0.515 bits per heavy atom. The molecule has 0 aliphatic rings. The largest absolute Gasteiger partial charge is 0.493 e. The molecule has 0 fully saturated rings. The number of carbonyl (C=O) groups is 2. The summed E-state index contributed by atoms with van der Waals surface area (Å²) in [5, 5.41) is 9.68. The van der Waals surface area contributed by atoms with Crippen LogP contribution in [0.4, 0.5) is 11.4 Å². The number of sulfonamides is 2. The van der Waals surface area contributed by atoms with Crippen LogP contribution in [0.3, 0.4) is 0 Å². The van der Waals surface area contributed by atoms with Gasteiger partial charge in [-0.05, 0) is 86.6 Å². The lowest BCUT2D eigenvalue weighted by molar-refractivity contribution is 0.0449. The molecule has 0 aromatic heterocycles. The van der Waals surface area contributed by atoms with Gasteiger partial charge in [-0.3, -0.25) is 9.44 Å². The SMILES string of the molecule is COC(=O)c1cc(NS(=O)(=O)c2ccc(C)cc2)c(Oc2ccccc2OC)c(OCCOC(=O)c2cc(NS(=O)(=O)c3ccc(C)cc3)c(Oc3ccccc3OC)c(OCCO)c2)c1. The fourth-order valence-corrected chi connectivity index (χ4v) is 8.23. The number of anilines is 2. The topological polar surface area (TPSA) is 221 Å². The number of benzene rings is 6. The van der Waals surface area contributed by atoms with Crippen molar-refractivity contribution >= 4 is 43.4 Å². The molecule has 0 unspecified atom stereocenters. The summed E-state index contributed by atoms with van der Waals surface area (Å²) in [7, 11) is -4.60. The minimum Gasteiger partial charge on any atom is -0.493 e.